The molecule has 2 heterocycles. The number of ether oxygens (including phenoxy) is 1. The van der Waals surface area contributed by atoms with Gasteiger partial charge in [-0.2, -0.15) is 0 Å². The van der Waals surface area contributed by atoms with Crippen LogP contribution in [0.5, 0.6) is 5.75 Å². The molecule has 3 aromatic carbocycles. The fourth-order valence-electron chi connectivity index (χ4n) is 5.61. The Morgan fingerprint density at radius 2 is 1.65 bits per heavy atom. The number of hydrogen-bond acceptors (Lipinski definition) is 5. The van der Waals surface area contributed by atoms with E-state index < -0.39 is 6.09 Å². The zero-order chi connectivity index (χ0) is 27.7. The summed E-state index contributed by atoms with van der Waals surface area (Å²) >= 11 is 0. The van der Waals surface area contributed by atoms with Gasteiger partial charge in [0.15, 0.2) is 0 Å². The van der Waals surface area contributed by atoms with Crippen LogP contribution in [-0.4, -0.2) is 43.6 Å². The third-order valence-corrected chi connectivity index (χ3v) is 7.63. The van der Waals surface area contributed by atoms with Crippen molar-refractivity contribution in [2.45, 2.75) is 44.8 Å². The fraction of sp³-hybridized carbons (Fsp3) is 0.333. The number of amides is 2. The van der Waals surface area contributed by atoms with Crippen LogP contribution in [0, 0.1) is 0 Å². The molecule has 208 valence electrons. The average Bonchev–Trinajstić information content (AvgIpc) is 2.97. The van der Waals surface area contributed by atoms with Crippen molar-refractivity contribution in [3.8, 4) is 5.75 Å². The van der Waals surface area contributed by atoms with Crippen molar-refractivity contribution < 1.29 is 14.3 Å². The minimum absolute atomic E-state index is 0.0804. The number of hydrogen-bond donors (Lipinski definition) is 2. The van der Waals surface area contributed by atoms with Crippen molar-refractivity contribution in [3.05, 3.63) is 101 Å². The van der Waals surface area contributed by atoms with E-state index in [9.17, 15) is 9.59 Å². The first-order valence-electron chi connectivity index (χ1n) is 14.2. The van der Waals surface area contributed by atoms with E-state index in [1.807, 2.05) is 48.5 Å². The Morgan fingerprint density at radius 3 is 2.48 bits per heavy atom. The van der Waals surface area contributed by atoms with Crippen molar-refractivity contribution in [1.29, 1.82) is 0 Å². The Labute approximate surface area is 236 Å². The highest BCUT2D eigenvalue weighted by Gasteiger charge is 2.35. The molecule has 0 radical (unpaired) electrons. The molecule has 40 heavy (non-hydrogen) atoms. The lowest BCUT2D eigenvalue weighted by Gasteiger charge is -2.47. The second-order valence-electron chi connectivity index (χ2n) is 10.5. The maximum atomic E-state index is 12.4. The van der Waals surface area contributed by atoms with Gasteiger partial charge in [0.05, 0.1) is 0 Å². The van der Waals surface area contributed by atoms with Crippen LogP contribution in [0.4, 0.5) is 10.5 Å². The molecule has 0 bridgehead atoms. The van der Waals surface area contributed by atoms with E-state index in [4.69, 9.17) is 4.74 Å². The number of rotatable bonds is 10. The quantitative estimate of drug-likeness (QED) is 0.257. The van der Waals surface area contributed by atoms with Crippen molar-refractivity contribution in [2.75, 3.05) is 31.6 Å². The van der Waals surface area contributed by atoms with Crippen molar-refractivity contribution in [2.24, 2.45) is 0 Å². The summed E-state index contributed by atoms with van der Waals surface area (Å²) in [4.78, 5) is 29.1. The van der Waals surface area contributed by atoms with Gasteiger partial charge in [-0.1, -0.05) is 67.4 Å². The van der Waals surface area contributed by atoms with E-state index in [1.54, 1.807) is 6.08 Å². The molecular formula is C33H38N4O3. The van der Waals surface area contributed by atoms with Gasteiger partial charge >= 0.3 is 6.09 Å². The predicted octanol–water partition coefficient (Wildman–Crippen LogP) is 5.67. The first kappa shape index (κ1) is 27.5. The Bertz CT molecular complexity index is 1340. The Kier molecular flexibility index (Phi) is 9.14. The van der Waals surface area contributed by atoms with Gasteiger partial charge in [0, 0.05) is 45.0 Å². The lowest BCUT2D eigenvalue weighted by molar-refractivity contribution is -0.116. The molecule has 2 N–H and O–H groups in total. The highest BCUT2D eigenvalue weighted by Crippen LogP contribution is 2.42. The molecule has 0 aromatic heterocycles. The van der Waals surface area contributed by atoms with Gasteiger partial charge in [-0.05, 0) is 65.8 Å². The van der Waals surface area contributed by atoms with E-state index in [1.165, 1.54) is 22.4 Å². The summed E-state index contributed by atoms with van der Waals surface area (Å²) in [6.45, 7) is 3.05. The largest absolute Gasteiger partial charge is 0.412 e. The molecule has 1 unspecified atom stereocenters. The standard InChI is InChI=1S/C33H38N4O3/c1-36-30-17-16-28(23-27(30)24-37-22-19-26-13-7-8-14-29(26)32(36)37)40-33(39)35-21-10-3-2-9-20-34-31(38)18-15-25-11-5-4-6-12-25/h4-8,11-18,23,32H,2-3,9-10,19-22,24H2,1H3,(H,34,38)(H,35,39)/b18-15+. The molecule has 0 aliphatic carbocycles. The summed E-state index contributed by atoms with van der Waals surface area (Å²) in [5.74, 6) is 0.487. The predicted molar refractivity (Wildman–Crippen MR) is 159 cm³/mol. The van der Waals surface area contributed by atoms with E-state index in [0.717, 1.165) is 50.8 Å². The second kappa shape index (κ2) is 13.3. The van der Waals surface area contributed by atoms with Crippen LogP contribution in [0.25, 0.3) is 6.08 Å². The monoisotopic (exact) mass is 538 g/mol. The number of carbonyl (C=O) groups is 2. The van der Waals surface area contributed by atoms with Gasteiger partial charge in [-0.25, -0.2) is 4.79 Å². The number of unbranched alkanes of at least 4 members (excludes halogenated alkanes) is 3. The van der Waals surface area contributed by atoms with Crippen LogP contribution in [0.15, 0.2) is 78.9 Å². The van der Waals surface area contributed by atoms with Gasteiger partial charge in [0.2, 0.25) is 5.91 Å². The molecule has 5 rings (SSSR count). The van der Waals surface area contributed by atoms with E-state index in [2.05, 4.69) is 57.8 Å². The molecule has 2 aliphatic rings. The summed E-state index contributed by atoms with van der Waals surface area (Å²) in [6.07, 6.45) is 7.97. The smallest absolute Gasteiger partial charge is 0.410 e. The van der Waals surface area contributed by atoms with Crippen molar-refractivity contribution in [3.63, 3.8) is 0 Å². The minimum Gasteiger partial charge on any atom is -0.410 e. The van der Waals surface area contributed by atoms with Gasteiger partial charge in [0.1, 0.15) is 11.9 Å². The van der Waals surface area contributed by atoms with E-state index in [-0.39, 0.29) is 12.1 Å². The zero-order valence-electron chi connectivity index (χ0n) is 23.1. The van der Waals surface area contributed by atoms with Crippen LogP contribution < -0.4 is 20.3 Å². The van der Waals surface area contributed by atoms with E-state index >= 15 is 0 Å². The Hall–Kier alpha value is -4.10. The molecule has 7 nitrogen and oxygen atoms in total. The van der Waals surface area contributed by atoms with Crippen molar-refractivity contribution in [1.82, 2.24) is 15.5 Å². The van der Waals surface area contributed by atoms with Crippen LogP contribution in [0.2, 0.25) is 0 Å². The van der Waals surface area contributed by atoms with Gasteiger partial charge < -0.3 is 20.3 Å². The average molecular weight is 539 g/mol. The number of nitrogens with zero attached hydrogens (tertiary/aromatic N) is 2. The number of fused-ring (bicyclic) bond motifs is 4. The summed E-state index contributed by atoms with van der Waals surface area (Å²) in [5, 5.41) is 5.77. The molecule has 0 saturated carbocycles. The molecule has 0 fully saturated rings. The fourth-order valence-corrected chi connectivity index (χ4v) is 5.61. The van der Waals surface area contributed by atoms with E-state index in [0.29, 0.717) is 18.8 Å². The molecule has 0 spiro atoms. The SMILES string of the molecule is CN1c2ccc(OC(=O)NCCCCCCNC(=O)/C=C/c3ccccc3)cc2CN2CCc3ccccc3C21. The normalized spacial score (nSPS) is 16.1. The second-order valence-corrected chi connectivity index (χ2v) is 10.5. The van der Waals surface area contributed by atoms with Crippen molar-refractivity contribution >= 4 is 23.8 Å². The minimum atomic E-state index is -0.425. The van der Waals surface area contributed by atoms with Gasteiger partial charge in [-0.15, -0.1) is 0 Å². The maximum absolute atomic E-state index is 12.4. The van der Waals surface area contributed by atoms with Crippen LogP contribution >= 0.6 is 0 Å². The first-order valence-corrected chi connectivity index (χ1v) is 14.2. The molecule has 2 aliphatic heterocycles. The molecule has 0 saturated heterocycles. The first-order chi connectivity index (χ1) is 19.6. The topological polar surface area (TPSA) is 73.9 Å². The van der Waals surface area contributed by atoms with Crippen LogP contribution in [0.3, 0.4) is 0 Å². The third kappa shape index (κ3) is 6.90. The maximum Gasteiger partial charge on any atom is 0.412 e. The summed E-state index contributed by atoms with van der Waals surface area (Å²) < 4.78 is 5.59. The Morgan fingerprint density at radius 1 is 0.900 bits per heavy atom. The van der Waals surface area contributed by atoms with Crippen LogP contribution in [-0.2, 0) is 17.8 Å². The number of benzene rings is 3. The third-order valence-electron chi connectivity index (χ3n) is 7.63. The Balaban J connectivity index is 0.991. The lowest BCUT2D eigenvalue weighted by Crippen LogP contribution is -2.47. The summed E-state index contributed by atoms with van der Waals surface area (Å²) in [6, 6.07) is 24.4. The van der Waals surface area contributed by atoms with Crippen LogP contribution in [0.1, 0.15) is 54.1 Å². The molecular weight excluding hydrogens is 500 g/mol. The summed E-state index contributed by atoms with van der Waals surface area (Å²) in [5.41, 5.74) is 6.15. The van der Waals surface area contributed by atoms with Gasteiger partial charge in [-0.3, -0.25) is 9.69 Å². The van der Waals surface area contributed by atoms with Gasteiger partial charge in [0.25, 0.3) is 0 Å². The number of anilines is 1. The zero-order valence-corrected chi connectivity index (χ0v) is 23.1. The molecule has 1 atom stereocenters. The number of carbonyl (C=O) groups excluding carboxylic acids is 2. The molecule has 7 heteroatoms. The lowest BCUT2D eigenvalue weighted by atomic mass is 9.93. The molecule has 2 amide bonds. The number of nitrogens with one attached hydrogen (secondary N) is 2. The molecule has 3 aromatic rings. The summed E-state index contributed by atoms with van der Waals surface area (Å²) in [7, 11) is 2.14. The highest BCUT2D eigenvalue weighted by atomic mass is 16.6. The highest BCUT2D eigenvalue weighted by molar-refractivity contribution is 5.91.